The van der Waals surface area contributed by atoms with Crippen LogP contribution in [0.4, 0.5) is 34.1 Å². The van der Waals surface area contributed by atoms with E-state index in [0.717, 1.165) is 37.2 Å². The Kier molecular flexibility index (Phi) is 16.4. The Balaban J connectivity index is 0.000000427. The van der Waals surface area contributed by atoms with Gasteiger partial charge in [0.25, 0.3) is 0 Å². The summed E-state index contributed by atoms with van der Waals surface area (Å²) in [4.78, 5) is 36.4. The van der Waals surface area contributed by atoms with E-state index in [9.17, 15) is 27.6 Å². The molecule has 5 amide bonds. The molecule has 0 spiro atoms. The number of likely N-dealkylation sites (tertiary alicyclic amines) is 1. The van der Waals surface area contributed by atoms with Crippen LogP contribution in [0.1, 0.15) is 43.2 Å². The zero-order valence-corrected chi connectivity index (χ0v) is 29.8. The number of urea groups is 2. The number of piperidine rings is 2. The molecule has 2 aliphatic rings. The summed E-state index contributed by atoms with van der Waals surface area (Å²) in [6.07, 6.45) is -3.04. The molecule has 4 rings (SSSR count). The van der Waals surface area contributed by atoms with Crippen molar-refractivity contribution in [2.45, 2.75) is 64.2 Å². The van der Waals surface area contributed by atoms with Crippen LogP contribution in [0, 0.1) is 45.0 Å². The number of carbonyl (C=O) groups excluding carboxylic acids is 3. The molecular weight excluding hydrogens is 806 g/mol. The SMILES string of the molecule is Cc1ccc(NC(=O)NC2CCN(C(=O)CC(F)(F)F)CC2)cc1.Cc1ccc(NC(=O)NC2CCNCC2)cc1.[3H]P.[U]. The molecule has 2 fully saturated rings. The Bertz CT molecular complexity index is 1150. The van der Waals surface area contributed by atoms with Gasteiger partial charge in [0.15, 0.2) is 0 Å². The van der Waals surface area contributed by atoms with Crippen LogP contribution in [0.3, 0.4) is 0 Å². The molecule has 2 aromatic rings. The minimum Gasteiger partial charge on any atom is -0.342 e. The molecule has 0 aromatic heterocycles. The minimum absolute atomic E-state index is 0. The summed E-state index contributed by atoms with van der Waals surface area (Å²) in [5.41, 5.74) is 3.77. The molecule has 236 valence electrons. The van der Waals surface area contributed by atoms with Gasteiger partial charge in [0.1, 0.15) is 6.42 Å². The van der Waals surface area contributed by atoms with E-state index in [4.69, 9.17) is 1.28 Å². The zero-order chi connectivity index (χ0) is 31.8. The normalized spacial score (nSPS) is 15.6. The van der Waals surface area contributed by atoms with Crippen LogP contribution >= 0.6 is 9.84 Å². The first-order valence-corrected chi connectivity index (χ1v) is 13.8. The molecule has 2 heterocycles. The van der Waals surface area contributed by atoms with Gasteiger partial charge < -0.3 is 31.5 Å². The third kappa shape index (κ3) is 15.3. The van der Waals surface area contributed by atoms with Gasteiger partial charge in [-0.15, -0.1) is 0 Å². The van der Waals surface area contributed by atoms with Crippen molar-refractivity contribution >= 4 is 39.2 Å². The maximum absolute atomic E-state index is 12.2. The number of amides is 5. The molecular formula is C29H42F3N6O3PU. The van der Waals surface area contributed by atoms with Gasteiger partial charge in [-0.1, -0.05) is 35.4 Å². The molecule has 0 radical (unpaired) electrons. The van der Waals surface area contributed by atoms with E-state index in [1.54, 1.807) is 22.0 Å². The summed E-state index contributed by atoms with van der Waals surface area (Å²) in [5.74, 6) is -0.912. The monoisotopic (exact) mass is 850 g/mol. The van der Waals surface area contributed by atoms with E-state index in [2.05, 4.69) is 26.6 Å². The van der Waals surface area contributed by atoms with Crippen molar-refractivity contribution in [2.24, 2.45) is 0 Å². The fourth-order valence-electron chi connectivity index (χ4n) is 4.50. The van der Waals surface area contributed by atoms with E-state index in [0.29, 0.717) is 24.6 Å². The molecule has 0 aliphatic carbocycles. The molecule has 2 saturated heterocycles. The molecule has 0 saturated carbocycles. The Labute approximate surface area is 279 Å². The number of halogens is 3. The molecule has 43 heavy (non-hydrogen) atoms. The number of hydrogen-bond acceptors (Lipinski definition) is 4. The van der Waals surface area contributed by atoms with Crippen LogP contribution in [0.2, 0.25) is 0 Å². The average Bonchev–Trinajstić information content (AvgIpc) is 2.97. The standard InChI is InChI=1S/C16H20F3N3O2.C13H19N3O.H3P.U/c1-11-2-4-12(5-3-11)20-15(24)21-13-6-8-22(9-7-13)14(23)10-16(17,18)19;1-10-2-4-11(5-3-10)15-13(17)16-12-6-8-14-9-7-12;;/h2-5,13H,6-10H2,1H3,(H2,20,21,24);2-5,12,14H,6-9H2,1H3,(H2,15,16,17);1H3;/i;;1T;. The predicted molar refractivity (Wildman–Crippen MR) is 164 cm³/mol. The number of anilines is 2. The Morgan fingerprint density at radius 3 is 1.60 bits per heavy atom. The first kappa shape index (κ1) is 36.9. The number of nitrogens with one attached hydrogen (secondary N) is 5. The van der Waals surface area contributed by atoms with Gasteiger partial charge in [-0.2, -0.15) is 23.0 Å². The summed E-state index contributed by atoms with van der Waals surface area (Å²) >= 11 is 0. The van der Waals surface area contributed by atoms with Crippen molar-refractivity contribution in [3.63, 3.8) is 0 Å². The first-order valence-electron chi connectivity index (χ1n) is 14.4. The average molecular weight is 851 g/mol. The van der Waals surface area contributed by atoms with Gasteiger partial charge in [0.05, 0.1) is 1.28 Å². The molecule has 1 unspecified atom stereocenters. The van der Waals surface area contributed by atoms with Crippen LogP contribution < -0.4 is 26.6 Å². The van der Waals surface area contributed by atoms with Crippen LogP contribution in [0.5, 0.6) is 0 Å². The van der Waals surface area contributed by atoms with Gasteiger partial charge in [0.2, 0.25) is 5.91 Å². The van der Waals surface area contributed by atoms with Crippen molar-refractivity contribution in [3.8, 4) is 0 Å². The number of alkyl halides is 3. The van der Waals surface area contributed by atoms with Gasteiger partial charge >= 0.3 is 18.2 Å². The van der Waals surface area contributed by atoms with Crippen LogP contribution in [-0.4, -0.2) is 68.6 Å². The van der Waals surface area contributed by atoms with Gasteiger partial charge in [-0.25, -0.2) is 9.59 Å². The third-order valence-electron chi connectivity index (χ3n) is 6.83. The summed E-state index contributed by atoms with van der Waals surface area (Å²) in [6.45, 7) is 6.36. The van der Waals surface area contributed by atoms with Gasteiger partial charge in [-0.3, -0.25) is 4.79 Å². The molecule has 0 bridgehead atoms. The Morgan fingerprint density at radius 2 is 1.21 bits per heavy atom. The molecule has 14 heteroatoms. The molecule has 9 nitrogen and oxygen atoms in total. The second-order valence-corrected chi connectivity index (χ2v) is 10.4. The van der Waals surface area contributed by atoms with E-state index in [1.165, 1.54) is 10.5 Å². The first-order chi connectivity index (χ1) is 20.5. The van der Waals surface area contributed by atoms with E-state index in [1.807, 2.05) is 50.2 Å². The summed E-state index contributed by atoms with van der Waals surface area (Å²) in [5, 5.41) is 14.6. The van der Waals surface area contributed by atoms with Crippen molar-refractivity contribution in [3.05, 3.63) is 59.7 Å². The predicted octanol–water partition coefficient (Wildman–Crippen LogP) is 4.99. The van der Waals surface area contributed by atoms with Crippen molar-refractivity contribution in [2.75, 3.05) is 36.8 Å². The fourth-order valence-corrected chi connectivity index (χ4v) is 4.50. The smallest absolute Gasteiger partial charge is 0.342 e. The molecule has 5 N–H and O–H groups in total. The van der Waals surface area contributed by atoms with E-state index < -0.39 is 18.5 Å². The van der Waals surface area contributed by atoms with Gasteiger partial charge in [-0.05, 0) is 76.9 Å². The summed E-state index contributed by atoms with van der Waals surface area (Å²) in [7, 11) is 1.67. The maximum atomic E-state index is 12.2. The number of hydrogen-bond donors (Lipinski definition) is 5. The van der Waals surface area contributed by atoms with E-state index >= 15 is 0 Å². The van der Waals surface area contributed by atoms with Crippen LogP contribution in [0.15, 0.2) is 48.5 Å². The number of nitrogens with zero attached hydrogens (tertiary/aromatic N) is 1. The summed E-state index contributed by atoms with van der Waals surface area (Å²) in [6, 6.07) is 14.8. The molecule has 2 aromatic carbocycles. The Morgan fingerprint density at radius 1 is 0.814 bits per heavy atom. The molecule has 1 atom stereocenters. The zero-order valence-electron chi connectivity index (χ0n) is 25.5. The topological polar surface area (TPSA) is 115 Å². The van der Waals surface area contributed by atoms with Crippen LogP contribution in [0.25, 0.3) is 0 Å². The van der Waals surface area contributed by atoms with Crippen molar-refractivity contribution < 1.29 is 58.7 Å². The van der Waals surface area contributed by atoms with Crippen LogP contribution in [-0.2, 0) is 4.79 Å². The molecule has 2 aliphatic heterocycles. The summed E-state index contributed by atoms with van der Waals surface area (Å²) < 4.78 is 42.4. The van der Waals surface area contributed by atoms with Crippen molar-refractivity contribution in [1.29, 1.82) is 1.28 Å². The fraction of sp³-hybridized carbons (Fsp3) is 0.483. The number of rotatable bonds is 5. The quantitative estimate of drug-likeness (QED) is 0.273. The minimum atomic E-state index is -4.49. The number of aryl methyl sites for hydroxylation is 2. The van der Waals surface area contributed by atoms with Crippen molar-refractivity contribution in [1.82, 2.24) is 20.9 Å². The largest absolute Gasteiger partial charge is 0.397 e. The maximum Gasteiger partial charge on any atom is 0.397 e. The number of benzene rings is 2. The van der Waals surface area contributed by atoms with E-state index in [-0.39, 0.29) is 62.3 Å². The van der Waals surface area contributed by atoms with Gasteiger partial charge in [0, 0.05) is 67.7 Å². The number of carbonyl (C=O) groups is 3. The Hall–Kier alpha value is -2.32. The third-order valence-corrected chi connectivity index (χ3v) is 6.83. The second-order valence-electron chi connectivity index (χ2n) is 10.4. The second kappa shape index (κ2) is 19.2.